The molecule has 2 rings (SSSR count). The van der Waals surface area contributed by atoms with E-state index in [0.29, 0.717) is 22.5 Å². The van der Waals surface area contributed by atoms with E-state index in [0.717, 1.165) is 5.56 Å². The Bertz CT molecular complexity index is 537. The summed E-state index contributed by atoms with van der Waals surface area (Å²) < 4.78 is 15.7. The third-order valence-electron chi connectivity index (χ3n) is 2.56. The first-order chi connectivity index (χ1) is 8.65. The molecule has 0 aliphatic rings. The summed E-state index contributed by atoms with van der Waals surface area (Å²) in [4.78, 5) is 0. The van der Waals surface area contributed by atoms with Crippen molar-refractivity contribution in [3.8, 4) is 11.5 Å². The summed E-state index contributed by atoms with van der Waals surface area (Å²) in [6.45, 7) is 0. The Labute approximate surface area is 115 Å². The number of rotatable bonds is 4. The zero-order valence-electron chi connectivity index (χ0n) is 9.94. The SMILES string of the molecule is COc1ccc(C(Cl)c2ccc(Cl)o2)c(OC)c1. The Balaban J connectivity index is 2.38. The Morgan fingerprint density at radius 2 is 1.89 bits per heavy atom. The molecular formula is C13H12Cl2O3. The maximum Gasteiger partial charge on any atom is 0.193 e. The van der Waals surface area contributed by atoms with E-state index in [4.69, 9.17) is 37.1 Å². The molecule has 0 saturated heterocycles. The van der Waals surface area contributed by atoms with Crippen molar-refractivity contribution >= 4 is 23.2 Å². The molecule has 0 amide bonds. The van der Waals surface area contributed by atoms with E-state index in [1.54, 1.807) is 32.4 Å². The molecule has 1 atom stereocenters. The average molecular weight is 287 g/mol. The van der Waals surface area contributed by atoms with Gasteiger partial charge in [0.15, 0.2) is 5.22 Å². The molecule has 0 spiro atoms. The molecule has 3 nitrogen and oxygen atoms in total. The molecule has 2 aromatic rings. The minimum Gasteiger partial charge on any atom is -0.497 e. The Morgan fingerprint density at radius 3 is 2.44 bits per heavy atom. The topological polar surface area (TPSA) is 31.6 Å². The Kier molecular flexibility index (Phi) is 4.04. The molecule has 1 aromatic heterocycles. The van der Waals surface area contributed by atoms with Gasteiger partial charge in [0, 0.05) is 11.6 Å². The summed E-state index contributed by atoms with van der Waals surface area (Å²) in [5, 5.41) is -0.151. The van der Waals surface area contributed by atoms with Crippen LogP contribution < -0.4 is 9.47 Å². The van der Waals surface area contributed by atoms with Crippen LogP contribution in [-0.2, 0) is 0 Å². The fraction of sp³-hybridized carbons (Fsp3) is 0.231. The normalized spacial score (nSPS) is 12.2. The highest BCUT2D eigenvalue weighted by atomic mass is 35.5. The lowest BCUT2D eigenvalue weighted by Crippen LogP contribution is -1.97. The van der Waals surface area contributed by atoms with Crippen LogP contribution in [-0.4, -0.2) is 14.2 Å². The van der Waals surface area contributed by atoms with Crippen LogP contribution in [0.15, 0.2) is 34.7 Å². The molecular weight excluding hydrogens is 275 g/mol. The van der Waals surface area contributed by atoms with Gasteiger partial charge in [0.2, 0.25) is 0 Å². The molecule has 0 radical (unpaired) electrons. The van der Waals surface area contributed by atoms with Gasteiger partial charge in [-0.25, -0.2) is 0 Å². The van der Waals surface area contributed by atoms with Gasteiger partial charge in [-0.3, -0.25) is 0 Å². The van der Waals surface area contributed by atoms with E-state index in [1.165, 1.54) is 0 Å². The zero-order valence-corrected chi connectivity index (χ0v) is 11.5. The maximum atomic E-state index is 6.35. The average Bonchev–Trinajstić information content (AvgIpc) is 2.83. The van der Waals surface area contributed by atoms with Crippen molar-refractivity contribution in [2.45, 2.75) is 5.38 Å². The maximum absolute atomic E-state index is 6.35. The third kappa shape index (κ3) is 2.57. The minimum absolute atomic E-state index is 0.308. The monoisotopic (exact) mass is 286 g/mol. The molecule has 1 unspecified atom stereocenters. The van der Waals surface area contributed by atoms with Gasteiger partial charge >= 0.3 is 0 Å². The fourth-order valence-corrected chi connectivity index (χ4v) is 2.10. The number of alkyl halides is 1. The molecule has 0 N–H and O–H groups in total. The largest absolute Gasteiger partial charge is 0.497 e. The van der Waals surface area contributed by atoms with Crippen molar-refractivity contribution in [2.75, 3.05) is 14.2 Å². The summed E-state index contributed by atoms with van der Waals surface area (Å²) in [6, 6.07) is 8.82. The second-order valence-electron chi connectivity index (χ2n) is 3.61. The van der Waals surface area contributed by atoms with Crippen LogP contribution in [0.5, 0.6) is 11.5 Å². The van der Waals surface area contributed by atoms with Crippen LogP contribution in [0.2, 0.25) is 5.22 Å². The number of benzene rings is 1. The minimum atomic E-state index is -0.460. The van der Waals surface area contributed by atoms with Gasteiger partial charge in [-0.2, -0.15) is 0 Å². The first kappa shape index (κ1) is 13.1. The molecule has 0 aliphatic carbocycles. The highest BCUT2D eigenvalue weighted by Crippen LogP contribution is 2.38. The molecule has 18 heavy (non-hydrogen) atoms. The van der Waals surface area contributed by atoms with Crippen molar-refractivity contribution < 1.29 is 13.9 Å². The molecule has 0 saturated carbocycles. The van der Waals surface area contributed by atoms with Gasteiger partial charge in [-0.05, 0) is 35.9 Å². The van der Waals surface area contributed by atoms with Gasteiger partial charge in [0.25, 0.3) is 0 Å². The first-order valence-corrected chi connectivity index (χ1v) is 6.08. The van der Waals surface area contributed by atoms with Crippen LogP contribution in [0.1, 0.15) is 16.7 Å². The molecule has 0 fully saturated rings. The highest BCUT2D eigenvalue weighted by Gasteiger charge is 2.19. The van der Waals surface area contributed by atoms with E-state index >= 15 is 0 Å². The lowest BCUT2D eigenvalue weighted by atomic mass is 10.1. The predicted molar refractivity (Wildman–Crippen MR) is 71.0 cm³/mol. The third-order valence-corrected chi connectivity index (χ3v) is 3.21. The van der Waals surface area contributed by atoms with Gasteiger partial charge in [0.05, 0.1) is 14.2 Å². The van der Waals surface area contributed by atoms with E-state index in [2.05, 4.69) is 0 Å². The van der Waals surface area contributed by atoms with Crippen molar-refractivity contribution in [1.82, 2.24) is 0 Å². The van der Waals surface area contributed by atoms with Crippen molar-refractivity contribution in [3.63, 3.8) is 0 Å². The Hall–Kier alpha value is -1.32. The van der Waals surface area contributed by atoms with Gasteiger partial charge in [-0.1, -0.05) is 0 Å². The second kappa shape index (κ2) is 5.55. The summed E-state index contributed by atoms with van der Waals surface area (Å²) in [6.07, 6.45) is 0. The number of hydrogen-bond donors (Lipinski definition) is 0. The van der Waals surface area contributed by atoms with Gasteiger partial charge in [-0.15, -0.1) is 11.6 Å². The van der Waals surface area contributed by atoms with E-state index in [-0.39, 0.29) is 0 Å². The quantitative estimate of drug-likeness (QED) is 0.787. The molecule has 0 aliphatic heterocycles. The summed E-state index contributed by atoms with van der Waals surface area (Å²) in [5.74, 6) is 1.92. The predicted octanol–water partition coefficient (Wildman–Crippen LogP) is 4.28. The number of methoxy groups -OCH3 is 2. The number of furan rings is 1. The van der Waals surface area contributed by atoms with Gasteiger partial charge < -0.3 is 13.9 Å². The smallest absolute Gasteiger partial charge is 0.193 e. The van der Waals surface area contributed by atoms with Crippen LogP contribution in [0.3, 0.4) is 0 Å². The van der Waals surface area contributed by atoms with E-state index in [9.17, 15) is 0 Å². The number of halogens is 2. The van der Waals surface area contributed by atoms with E-state index in [1.807, 2.05) is 12.1 Å². The van der Waals surface area contributed by atoms with E-state index < -0.39 is 5.38 Å². The second-order valence-corrected chi connectivity index (χ2v) is 4.42. The van der Waals surface area contributed by atoms with Crippen LogP contribution in [0, 0.1) is 0 Å². The van der Waals surface area contributed by atoms with Crippen LogP contribution in [0.4, 0.5) is 0 Å². The van der Waals surface area contributed by atoms with Crippen molar-refractivity contribution in [1.29, 1.82) is 0 Å². The molecule has 1 aromatic carbocycles. The molecule has 1 heterocycles. The standard InChI is InChI=1S/C13H12Cl2O3/c1-16-8-3-4-9(11(7-8)17-2)13(15)10-5-6-12(14)18-10/h3-7,13H,1-2H3. The molecule has 0 bridgehead atoms. The van der Waals surface area contributed by atoms with Crippen molar-refractivity contribution in [2.24, 2.45) is 0 Å². The molecule has 5 heteroatoms. The van der Waals surface area contributed by atoms with Gasteiger partial charge in [0.1, 0.15) is 22.6 Å². The summed E-state index contributed by atoms with van der Waals surface area (Å²) >= 11 is 12.1. The van der Waals surface area contributed by atoms with Crippen LogP contribution >= 0.6 is 23.2 Å². The molecule has 96 valence electrons. The summed E-state index contributed by atoms with van der Waals surface area (Å²) in [7, 11) is 3.18. The van der Waals surface area contributed by atoms with Crippen molar-refractivity contribution in [3.05, 3.63) is 46.9 Å². The lowest BCUT2D eigenvalue weighted by molar-refractivity contribution is 0.390. The lowest BCUT2D eigenvalue weighted by Gasteiger charge is -2.13. The number of hydrogen-bond acceptors (Lipinski definition) is 3. The van der Waals surface area contributed by atoms with Crippen LogP contribution in [0.25, 0.3) is 0 Å². The number of ether oxygens (including phenoxy) is 2. The highest BCUT2D eigenvalue weighted by molar-refractivity contribution is 6.29. The zero-order chi connectivity index (χ0) is 13.1. The summed E-state index contributed by atoms with van der Waals surface area (Å²) in [5.41, 5.74) is 0.797. The first-order valence-electron chi connectivity index (χ1n) is 5.27. The fourth-order valence-electron chi connectivity index (χ4n) is 1.65. The Morgan fingerprint density at radius 1 is 1.11 bits per heavy atom.